The van der Waals surface area contributed by atoms with Gasteiger partial charge in [-0.3, -0.25) is 0 Å². The van der Waals surface area contributed by atoms with Crippen LogP contribution in [0.15, 0.2) is 0 Å². The van der Waals surface area contributed by atoms with Crippen LogP contribution in [-0.4, -0.2) is 55.0 Å². The Morgan fingerprint density at radius 2 is 2.16 bits per heavy atom. The number of rotatable bonds is 3. The second kappa shape index (κ2) is 6.57. The molecule has 0 spiro atoms. The number of carbonyl (C=O) groups excluding carboxylic acids is 1. The van der Waals surface area contributed by atoms with Gasteiger partial charge in [0.1, 0.15) is 0 Å². The van der Waals surface area contributed by atoms with Crippen LogP contribution in [0.3, 0.4) is 0 Å². The van der Waals surface area contributed by atoms with Crippen LogP contribution < -0.4 is 5.32 Å². The van der Waals surface area contributed by atoms with Crippen molar-refractivity contribution in [3.8, 4) is 0 Å². The minimum atomic E-state index is -0.201. The lowest BCUT2D eigenvalue weighted by molar-refractivity contribution is -0.00819. The first-order valence-corrected chi connectivity index (χ1v) is 7.38. The topological polar surface area (TPSA) is 61.8 Å². The summed E-state index contributed by atoms with van der Waals surface area (Å²) < 4.78 is 5.29. The summed E-state index contributed by atoms with van der Waals surface area (Å²) in [6.45, 7) is 4.51. The van der Waals surface area contributed by atoms with Gasteiger partial charge in [0.15, 0.2) is 0 Å². The molecular formula is C14H26N2O3. The number of carbonyl (C=O) groups is 1. The number of aliphatic hydroxyl groups is 1. The highest BCUT2D eigenvalue weighted by Gasteiger charge is 2.30. The molecule has 5 nitrogen and oxygen atoms in total. The fraction of sp³-hybridized carbons (Fsp3) is 0.929. The Bertz CT molecular complexity index is 303. The molecule has 0 radical (unpaired) electrons. The first kappa shape index (κ1) is 14.6. The number of morpholine rings is 1. The molecule has 0 aromatic carbocycles. The van der Waals surface area contributed by atoms with Gasteiger partial charge in [-0.15, -0.1) is 0 Å². The van der Waals surface area contributed by atoms with Crippen LogP contribution >= 0.6 is 0 Å². The van der Waals surface area contributed by atoms with Crippen LogP contribution in [0.25, 0.3) is 0 Å². The molecule has 1 saturated heterocycles. The number of aliphatic hydroxyl groups excluding tert-OH is 1. The SMILES string of the molecule is CC1(CNC(=O)N2CCOC[C@H]2CO)CCCCC1. The van der Waals surface area contributed by atoms with E-state index in [1.54, 1.807) is 4.90 Å². The number of hydrogen-bond acceptors (Lipinski definition) is 3. The van der Waals surface area contributed by atoms with Gasteiger partial charge in [0.05, 0.1) is 25.9 Å². The Morgan fingerprint density at radius 1 is 1.42 bits per heavy atom. The highest BCUT2D eigenvalue weighted by Crippen LogP contribution is 2.34. The van der Waals surface area contributed by atoms with Crippen molar-refractivity contribution in [1.82, 2.24) is 10.2 Å². The minimum Gasteiger partial charge on any atom is -0.394 e. The predicted octanol–water partition coefficient (Wildman–Crippen LogP) is 1.36. The number of amides is 2. The molecule has 110 valence electrons. The second-order valence-electron chi connectivity index (χ2n) is 6.13. The van der Waals surface area contributed by atoms with E-state index in [4.69, 9.17) is 4.74 Å². The van der Waals surface area contributed by atoms with E-state index in [1.807, 2.05) is 0 Å². The molecule has 0 aromatic heterocycles. The van der Waals surface area contributed by atoms with Crippen LogP contribution in [0.2, 0.25) is 0 Å². The first-order chi connectivity index (χ1) is 9.14. The summed E-state index contributed by atoms with van der Waals surface area (Å²) >= 11 is 0. The maximum Gasteiger partial charge on any atom is 0.317 e. The minimum absolute atomic E-state index is 0.0370. The molecule has 1 saturated carbocycles. The van der Waals surface area contributed by atoms with Gasteiger partial charge in [0, 0.05) is 13.1 Å². The van der Waals surface area contributed by atoms with E-state index < -0.39 is 0 Å². The highest BCUT2D eigenvalue weighted by molar-refractivity contribution is 5.74. The van der Waals surface area contributed by atoms with Gasteiger partial charge in [0.2, 0.25) is 0 Å². The average Bonchev–Trinajstić information content (AvgIpc) is 2.45. The molecule has 2 fully saturated rings. The standard InChI is InChI=1S/C14H26N2O3/c1-14(5-3-2-4-6-14)11-15-13(18)16-7-8-19-10-12(16)9-17/h12,17H,2-11H2,1H3,(H,15,18)/t12-/m1/s1. The van der Waals surface area contributed by atoms with E-state index in [9.17, 15) is 9.90 Å². The van der Waals surface area contributed by atoms with E-state index in [-0.39, 0.29) is 24.1 Å². The number of nitrogens with one attached hydrogen (secondary N) is 1. The Labute approximate surface area is 115 Å². The number of hydrogen-bond donors (Lipinski definition) is 2. The third-order valence-electron chi connectivity index (χ3n) is 4.43. The Morgan fingerprint density at radius 3 is 2.84 bits per heavy atom. The molecule has 1 atom stereocenters. The van der Waals surface area contributed by atoms with Crippen molar-refractivity contribution in [3.05, 3.63) is 0 Å². The van der Waals surface area contributed by atoms with Crippen LogP contribution in [0.1, 0.15) is 39.0 Å². The fourth-order valence-corrected chi connectivity index (χ4v) is 3.05. The smallest absolute Gasteiger partial charge is 0.317 e. The summed E-state index contributed by atoms with van der Waals surface area (Å²) in [5, 5.41) is 12.3. The van der Waals surface area contributed by atoms with Crippen LogP contribution in [0.5, 0.6) is 0 Å². The highest BCUT2D eigenvalue weighted by atomic mass is 16.5. The predicted molar refractivity (Wildman–Crippen MR) is 73.0 cm³/mol. The zero-order valence-electron chi connectivity index (χ0n) is 11.9. The lowest BCUT2D eigenvalue weighted by atomic mass is 9.76. The molecule has 2 rings (SSSR count). The molecule has 2 amide bonds. The van der Waals surface area contributed by atoms with E-state index in [0.29, 0.717) is 19.8 Å². The monoisotopic (exact) mass is 270 g/mol. The zero-order chi connectivity index (χ0) is 13.7. The first-order valence-electron chi connectivity index (χ1n) is 7.38. The molecule has 1 aliphatic carbocycles. The van der Waals surface area contributed by atoms with E-state index in [2.05, 4.69) is 12.2 Å². The molecule has 1 heterocycles. The van der Waals surface area contributed by atoms with E-state index >= 15 is 0 Å². The third kappa shape index (κ3) is 3.83. The van der Waals surface area contributed by atoms with Crippen molar-refractivity contribution in [2.45, 2.75) is 45.1 Å². The van der Waals surface area contributed by atoms with Gasteiger partial charge >= 0.3 is 6.03 Å². The molecule has 5 heteroatoms. The van der Waals surface area contributed by atoms with Crippen molar-refractivity contribution >= 4 is 6.03 Å². The normalized spacial score (nSPS) is 27.1. The average molecular weight is 270 g/mol. The van der Waals surface area contributed by atoms with Crippen LogP contribution in [0, 0.1) is 5.41 Å². The van der Waals surface area contributed by atoms with Crippen molar-refractivity contribution < 1.29 is 14.6 Å². The zero-order valence-corrected chi connectivity index (χ0v) is 11.9. The molecule has 0 bridgehead atoms. The summed E-state index contributed by atoms with van der Waals surface area (Å²) in [4.78, 5) is 13.9. The van der Waals surface area contributed by atoms with Gasteiger partial charge in [-0.2, -0.15) is 0 Å². The van der Waals surface area contributed by atoms with Gasteiger partial charge < -0.3 is 20.1 Å². The van der Waals surface area contributed by atoms with Gasteiger partial charge in [-0.1, -0.05) is 26.2 Å². The number of urea groups is 1. The Balaban J connectivity index is 1.82. The lowest BCUT2D eigenvalue weighted by Gasteiger charge is -2.37. The number of ether oxygens (including phenoxy) is 1. The summed E-state index contributed by atoms with van der Waals surface area (Å²) in [5.74, 6) is 0. The second-order valence-corrected chi connectivity index (χ2v) is 6.13. The maximum absolute atomic E-state index is 12.2. The maximum atomic E-state index is 12.2. The van der Waals surface area contributed by atoms with Crippen LogP contribution in [-0.2, 0) is 4.74 Å². The molecular weight excluding hydrogens is 244 g/mol. The summed E-state index contributed by atoms with van der Waals surface area (Å²) in [6.07, 6.45) is 6.24. The molecule has 19 heavy (non-hydrogen) atoms. The number of nitrogens with zero attached hydrogens (tertiary/aromatic N) is 1. The van der Waals surface area contributed by atoms with E-state index in [0.717, 1.165) is 6.54 Å². The lowest BCUT2D eigenvalue weighted by Crippen LogP contribution is -2.55. The summed E-state index contributed by atoms with van der Waals surface area (Å²) in [7, 11) is 0. The Kier molecular flexibility index (Phi) is 5.05. The summed E-state index contributed by atoms with van der Waals surface area (Å²) in [5.41, 5.74) is 0.245. The quantitative estimate of drug-likeness (QED) is 0.814. The molecule has 2 N–H and O–H groups in total. The van der Waals surface area contributed by atoms with Crippen LogP contribution in [0.4, 0.5) is 4.79 Å². The summed E-state index contributed by atoms with van der Waals surface area (Å²) in [6, 6.07) is -0.262. The van der Waals surface area contributed by atoms with Crippen molar-refractivity contribution in [2.75, 3.05) is 32.9 Å². The van der Waals surface area contributed by atoms with Gasteiger partial charge in [-0.25, -0.2) is 4.79 Å². The molecule has 1 aliphatic heterocycles. The van der Waals surface area contributed by atoms with Gasteiger partial charge in [-0.05, 0) is 18.3 Å². The third-order valence-corrected chi connectivity index (χ3v) is 4.43. The largest absolute Gasteiger partial charge is 0.394 e. The van der Waals surface area contributed by atoms with Crippen molar-refractivity contribution in [2.24, 2.45) is 5.41 Å². The molecule has 0 unspecified atom stereocenters. The van der Waals surface area contributed by atoms with Crippen molar-refractivity contribution in [3.63, 3.8) is 0 Å². The Hall–Kier alpha value is -0.810. The molecule has 0 aromatic rings. The molecule has 2 aliphatic rings. The fourth-order valence-electron chi connectivity index (χ4n) is 3.05. The van der Waals surface area contributed by atoms with Gasteiger partial charge in [0.25, 0.3) is 0 Å². The van der Waals surface area contributed by atoms with E-state index in [1.165, 1.54) is 32.1 Å². The van der Waals surface area contributed by atoms with Crippen molar-refractivity contribution in [1.29, 1.82) is 0 Å².